The standard InChI is InChI=1S/C31H35N2.C29H31N2.C21H19N2.C18H17N2.C15H15N2.5CH4/c1-20-17-21(2)19-24(18-20)28-26(23-14-10-9-11-15-23)29-31(6,7)30(4,5)25-16-12-13-22(3)27(25)33(29)32(28)8;1-18(2)21-13-10-14-22(19(3)4)28(21)26-17-30(6)29-27-20(5)11-9-15-24(27)23-12-7-8-16-25(23)31(26)29;1-16-10-6-8-14-19(16)23-20-15-9-7-13-18(20)21(22(23)2)17-11-4-3-5-12-17;1-12-7-6-9-15-14-8-4-5-10-16(14)20-11-13(2)19(3)18(20)17(12)15;1-12-7-3-5-9-14(12)17-15-10-6-4-8-13(15)11-16(17)2;;;;;/h9-19H,1-8H3;7-19H,1-6H3;3-15H,1-2H3;4-11H,1-3H3;3-11H,1-2H3;5*1H4/q5*+1;;;;;. The number of fused-ring (bicyclic) bond motifs is 17. The third-order valence-electron chi connectivity index (χ3n) is 26.7. The maximum absolute atomic E-state index is 2.51. The minimum Gasteiger partial charge on any atom is -0.232 e. The second kappa shape index (κ2) is 37.8. The molecule has 0 saturated heterocycles. The fourth-order valence-corrected chi connectivity index (χ4v) is 20.0. The Morgan fingerprint density at radius 3 is 1.40 bits per heavy atom. The Morgan fingerprint density at radius 2 is 0.798 bits per heavy atom. The van der Waals surface area contributed by atoms with Crippen molar-refractivity contribution in [3.8, 4) is 62.0 Å². The number of nitrogens with zero attached hydrogens (tertiary/aromatic N) is 10. The molecule has 1 aliphatic heterocycles. The van der Waals surface area contributed by atoms with E-state index in [9.17, 15) is 0 Å². The van der Waals surface area contributed by atoms with Crippen LogP contribution in [0.4, 0.5) is 0 Å². The van der Waals surface area contributed by atoms with Crippen molar-refractivity contribution in [2.75, 3.05) is 0 Å². The summed E-state index contributed by atoms with van der Waals surface area (Å²) < 4.78 is 23.2. The van der Waals surface area contributed by atoms with E-state index in [1.807, 2.05) is 0 Å². The van der Waals surface area contributed by atoms with Crippen LogP contribution in [0, 0.1) is 55.4 Å². The average Bonchev–Trinajstić information content (AvgIpc) is 1.56. The van der Waals surface area contributed by atoms with Crippen LogP contribution in [0.15, 0.2) is 316 Å². The maximum atomic E-state index is 2.51. The van der Waals surface area contributed by atoms with E-state index >= 15 is 0 Å². The number of hydrogen-bond donors (Lipinski definition) is 0. The summed E-state index contributed by atoms with van der Waals surface area (Å²) in [6.45, 7) is 36.4. The van der Waals surface area contributed by atoms with Crippen molar-refractivity contribution >= 4 is 76.5 Å². The lowest BCUT2D eigenvalue weighted by atomic mass is 9.59. The minimum absolute atomic E-state index is 0. The topological polar surface area (TPSA) is 43.8 Å². The molecule has 10 nitrogen and oxygen atoms in total. The molecular formula is C119H137N10+5. The van der Waals surface area contributed by atoms with Gasteiger partial charge in [-0.15, -0.1) is 28.1 Å². The third kappa shape index (κ3) is 16.4. The largest absolute Gasteiger partial charge is 0.295 e. The van der Waals surface area contributed by atoms with Gasteiger partial charge in [0, 0.05) is 56.0 Å². The molecule has 1 aliphatic rings. The Balaban J connectivity index is 0.000000147. The fraction of sp³-hybridized carbons (Fsp3) is 0.252. The highest BCUT2D eigenvalue weighted by molar-refractivity contribution is 6.13. The third-order valence-corrected chi connectivity index (χ3v) is 26.7. The molecule has 10 heteroatoms. The monoisotopic (exact) mass is 1710 g/mol. The van der Waals surface area contributed by atoms with Crippen molar-refractivity contribution < 1.29 is 23.0 Å². The first-order chi connectivity index (χ1) is 59.7. The lowest BCUT2D eigenvalue weighted by Crippen LogP contribution is -2.51. The van der Waals surface area contributed by atoms with Crippen LogP contribution in [0.2, 0.25) is 0 Å². The molecule has 129 heavy (non-hydrogen) atoms. The molecule has 0 unspecified atom stereocenters. The second-order valence-corrected chi connectivity index (χ2v) is 36.0. The molecule has 21 rings (SSSR count). The molecule has 8 heterocycles. The van der Waals surface area contributed by atoms with Crippen LogP contribution in [-0.2, 0) is 46.1 Å². The number of aryl methyl sites for hydroxylation is 11. The smallest absolute Gasteiger partial charge is 0.232 e. The summed E-state index contributed by atoms with van der Waals surface area (Å²) in [7, 11) is 10.8. The molecule has 0 amide bonds. The van der Waals surface area contributed by atoms with Gasteiger partial charge < -0.3 is 0 Å². The SMILES string of the molecule is C.C.C.C.C.Cc1cc(C)cc(-c2c(-c3ccccc3)c3n([n+]2C)-c2c(C)cccc2C(C)(C)C3(C)C)c1.Cc1cccc2c3ccccc3[n+]3cc(C)n(C)c3c12.Cc1cccc2c3ccccc3n3c(-c4c(C(C)C)cccc4C(C)C)c[n+](C)c3c12.Cc1ccccc1-n1c2ccccc2c(-c2ccccc2)[n+]1C.Cc1ccccc1-n1c2ccccc2c[n+]1C. The van der Waals surface area contributed by atoms with Crippen LogP contribution < -0.4 is 23.0 Å². The van der Waals surface area contributed by atoms with Crippen molar-refractivity contribution in [3.05, 3.63) is 383 Å². The van der Waals surface area contributed by atoms with Gasteiger partial charge in [-0.3, -0.25) is 0 Å². The molecule has 0 bridgehead atoms. The van der Waals surface area contributed by atoms with Crippen LogP contribution in [0.25, 0.3) is 138 Å². The van der Waals surface area contributed by atoms with Crippen molar-refractivity contribution in [2.24, 2.45) is 35.2 Å². The quantitative estimate of drug-likeness (QED) is 0.108. The highest BCUT2D eigenvalue weighted by Crippen LogP contribution is 2.55. The van der Waals surface area contributed by atoms with E-state index in [0.717, 1.165) is 0 Å². The number of benzene rings is 13. The molecule has 0 saturated carbocycles. The molecule has 13 aromatic carbocycles. The summed E-state index contributed by atoms with van der Waals surface area (Å²) in [6, 6.07) is 107. The molecule has 0 fully saturated rings. The van der Waals surface area contributed by atoms with E-state index < -0.39 is 0 Å². The van der Waals surface area contributed by atoms with Gasteiger partial charge in [-0.2, -0.15) is 8.80 Å². The number of hydrogen-bond acceptors (Lipinski definition) is 0. The first-order valence-electron chi connectivity index (χ1n) is 43.9. The van der Waals surface area contributed by atoms with Crippen LogP contribution in [0.1, 0.15) is 171 Å². The zero-order valence-electron chi connectivity index (χ0n) is 76.1. The highest BCUT2D eigenvalue weighted by Gasteiger charge is 2.53. The summed E-state index contributed by atoms with van der Waals surface area (Å²) in [5.74, 6) is 0.913. The second-order valence-electron chi connectivity index (χ2n) is 36.0. The van der Waals surface area contributed by atoms with Crippen LogP contribution in [0.3, 0.4) is 0 Å². The number of para-hydroxylation sites is 7. The van der Waals surface area contributed by atoms with Gasteiger partial charge >= 0.3 is 0 Å². The Morgan fingerprint density at radius 1 is 0.341 bits per heavy atom. The molecular weight excluding hydrogens is 1570 g/mol. The Kier molecular flexibility index (Phi) is 27.7. The molecule has 0 radical (unpaired) electrons. The lowest BCUT2D eigenvalue weighted by molar-refractivity contribution is -0.741. The van der Waals surface area contributed by atoms with E-state index in [1.54, 1.807) is 0 Å². The van der Waals surface area contributed by atoms with Crippen LogP contribution in [-0.4, -0.2) is 23.0 Å². The Labute approximate surface area is 768 Å². The van der Waals surface area contributed by atoms with Crippen molar-refractivity contribution in [1.82, 2.24) is 23.0 Å². The van der Waals surface area contributed by atoms with Crippen molar-refractivity contribution in [2.45, 2.75) is 171 Å². The van der Waals surface area contributed by atoms with Crippen LogP contribution in [0.5, 0.6) is 0 Å². The predicted molar refractivity (Wildman–Crippen MR) is 551 cm³/mol. The summed E-state index contributed by atoms with van der Waals surface area (Å²) in [5.41, 5.74) is 37.5. The zero-order chi connectivity index (χ0) is 87.1. The first kappa shape index (κ1) is 94.6. The van der Waals surface area contributed by atoms with Gasteiger partial charge in [0.25, 0.3) is 11.3 Å². The first-order valence-corrected chi connectivity index (χ1v) is 43.9. The normalized spacial score (nSPS) is 12.2. The van der Waals surface area contributed by atoms with E-state index in [0.29, 0.717) is 11.8 Å². The van der Waals surface area contributed by atoms with E-state index in [2.05, 4.69) is 508 Å². The van der Waals surface area contributed by atoms with E-state index in [4.69, 9.17) is 0 Å². The summed E-state index contributed by atoms with van der Waals surface area (Å²) in [6.07, 6.45) is 6.71. The number of aromatic nitrogens is 10. The van der Waals surface area contributed by atoms with Gasteiger partial charge in [-0.25, -0.2) is 9.13 Å². The molecule has 0 atom stereocenters. The molecule has 20 aromatic rings. The summed E-state index contributed by atoms with van der Waals surface area (Å²) in [4.78, 5) is 0. The van der Waals surface area contributed by atoms with Gasteiger partial charge in [0.05, 0.1) is 41.2 Å². The Bertz CT molecular complexity index is 7470. The van der Waals surface area contributed by atoms with Gasteiger partial charge in [0.1, 0.15) is 62.9 Å². The highest BCUT2D eigenvalue weighted by atomic mass is 15.4. The molecule has 0 spiro atoms. The maximum Gasteiger partial charge on any atom is 0.295 e. The number of pyridine rings is 2. The molecule has 0 N–H and O–H groups in total. The number of imidazole rings is 2. The molecule has 0 aliphatic carbocycles. The molecule has 658 valence electrons. The summed E-state index contributed by atoms with van der Waals surface area (Å²) >= 11 is 0. The van der Waals surface area contributed by atoms with Crippen LogP contribution >= 0.6 is 0 Å². The Hall–Kier alpha value is -13.6. The van der Waals surface area contributed by atoms with Gasteiger partial charge in [0.15, 0.2) is 26.8 Å². The summed E-state index contributed by atoms with van der Waals surface area (Å²) in [5, 5.41) is 10.5. The van der Waals surface area contributed by atoms with E-state index in [1.165, 1.54) is 205 Å². The molecule has 7 aromatic heterocycles. The number of rotatable bonds is 8. The van der Waals surface area contributed by atoms with Gasteiger partial charge in [-0.05, 0) is 183 Å². The van der Waals surface area contributed by atoms with E-state index in [-0.39, 0.29) is 48.0 Å². The lowest BCUT2D eigenvalue weighted by Gasteiger charge is -2.46. The predicted octanol–water partition coefficient (Wildman–Crippen LogP) is 28.5. The van der Waals surface area contributed by atoms with Gasteiger partial charge in [0.2, 0.25) is 17.6 Å². The minimum atomic E-state index is -0.0894. The van der Waals surface area contributed by atoms with Gasteiger partial charge in [-0.1, -0.05) is 328 Å². The zero-order valence-corrected chi connectivity index (χ0v) is 76.1. The fourth-order valence-electron chi connectivity index (χ4n) is 20.0. The van der Waals surface area contributed by atoms with Crippen molar-refractivity contribution in [1.29, 1.82) is 0 Å². The van der Waals surface area contributed by atoms with Crippen molar-refractivity contribution in [3.63, 3.8) is 0 Å². The average molecular weight is 1710 g/mol.